The van der Waals surface area contributed by atoms with Gasteiger partial charge in [-0.2, -0.15) is 0 Å². The fourth-order valence-electron chi connectivity index (χ4n) is 1.42. The van der Waals surface area contributed by atoms with Crippen LogP contribution in [0.15, 0.2) is 18.2 Å². The number of amides is 1. The molecule has 16 heavy (non-hydrogen) atoms. The summed E-state index contributed by atoms with van der Waals surface area (Å²) >= 11 is 0. The van der Waals surface area contributed by atoms with Crippen LogP contribution in [0.1, 0.15) is 22.8 Å². The van der Waals surface area contributed by atoms with Crippen molar-refractivity contribution in [1.29, 1.82) is 0 Å². The average molecular weight is 224 g/mol. The Bertz CT molecular complexity index is 372. The lowest BCUT2D eigenvalue weighted by molar-refractivity contribution is 0.0748. The van der Waals surface area contributed by atoms with E-state index in [1.807, 2.05) is 6.92 Å². The molecule has 0 bridgehead atoms. The van der Waals surface area contributed by atoms with E-state index in [9.17, 15) is 9.18 Å². The van der Waals surface area contributed by atoms with Crippen LogP contribution in [0.2, 0.25) is 0 Å². The number of likely N-dealkylation sites (N-methyl/N-ethyl adjacent to an activating group) is 1. The number of benzene rings is 1. The summed E-state index contributed by atoms with van der Waals surface area (Å²) in [4.78, 5) is 13.5. The number of nitrogens with two attached hydrogens (primary N) is 1. The van der Waals surface area contributed by atoms with Crippen molar-refractivity contribution in [2.24, 2.45) is 5.73 Å². The third-order valence-corrected chi connectivity index (χ3v) is 2.61. The van der Waals surface area contributed by atoms with Crippen molar-refractivity contribution in [3.8, 4) is 0 Å². The highest BCUT2D eigenvalue weighted by Crippen LogP contribution is 2.11. The van der Waals surface area contributed by atoms with Crippen LogP contribution in [0.25, 0.3) is 0 Å². The van der Waals surface area contributed by atoms with Crippen molar-refractivity contribution >= 4 is 5.91 Å². The quantitative estimate of drug-likeness (QED) is 0.846. The second-order valence-electron chi connectivity index (χ2n) is 4.02. The molecule has 1 atom stereocenters. The number of rotatable bonds is 3. The molecule has 1 rings (SSSR count). The number of hydrogen-bond donors (Lipinski definition) is 1. The van der Waals surface area contributed by atoms with Gasteiger partial charge in [0.25, 0.3) is 5.91 Å². The molecule has 0 aliphatic rings. The van der Waals surface area contributed by atoms with Crippen molar-refractivity contribution in [2.75, 3.05) is 13.6 Å². The lowest BCUT2D eigenvalue weighted by Crippen LogP contribution is -2.39. The predicted molar refractivity (Wildman–Crippen MR) is 61.7 cm³/mol. The molecule has 0 saturated heterocycles. The minimum absolute atomic E-state index is 0.0592. The fraction of sp³-hybridized carbons (Fsp3) is 0.417. The SMILES string of the molecule is Cc1cc(F)cc(C(=O)N(C)C(C)CN)c1. The van der Waals surface area contributed by atoms with Crippen LogP contribution in [0.4, 0.5) is 4.39 Å². The Kier molecular flexibility index (Phi) is 4.01. The van der Waals surface area contributed by atoms with Crippen molar-refractivity contribution in [3.05, 3.63) is 35.1 Å². The van der Waals surface area contributed by atoms with Gasteiger partial charge in [0.15, 0.2) is 0 Å². The summed E-state index contributed by atoms with van der Waals surface area (Å²) in [5.74, 6) is -0.599. The zero-order valence-corrected chi connectivity index (χ0v) is 9.83. The van der Waals surface area contributed by atoms with Gasteiger partial charge < -0.3 is 10.6 Å². The van der Waals surface area contributed by atoms with Crippen molar-refractivity contribution < 1.29 is 9.18 Å². The van der Waals surface area contributed by atoms with E-state index >= 15 is 0 Å². The van der Waals surface area contributed by atoms with Crippen LogP contribution in [0.5, 0.6) is 0 Å². The number of hydrogen-bond acceptors (Lipinski definition) is 2. The van der Waals surface area contributed by atoms with E-state index in [4.69, 9.17) is 5.73 Å². The van der Waals surface area contributed by atoms with Crippen molar-refractivity contribution in [1.82, 2.24) is 4.90 Å². The first-order valence-corrected chi connectivity index (χ1v) is 5.20. The minimum atomic E-state index is -0.392. The minimum Gasteiger partial charge on any atom is -0.338 e. The molecule has 1 amide bonds. The summed E-state index contributed by atoms with van der Waals surface area (Å²) in [5, 5.41) is 0. The molecule has 4 heteroatoms. The predicted octanol–water partition coefficient (Wildman–Crippen LogP) is 1.55. The number of aryl methyl sites for hydroxylation is 1. The maximum atomic E-state index is 13.1. The van der Waals surface area contributed by atoms with Gasteiger partial charge in [0.1, 0.15) is 5.82 Å². The Hall–Kier alpha value is -1.42. The molecular formula is C12H17FN2O. The standard InChI is InChI=1S/C12H17FN2O/c1-8-4-10(6-11(13)5-8)12(16)15(3)9(2)7-14/h4-6,9H,7,14H2,1-3H3. The molecule has 2 N–H and O–H groups in total. The third kappa shape index (κ3) is 2.79. The highest BCUT2D eigenvalue weighted by molar-refractivity contribution is 5.94. The molecule has 0 aliphatic heterocycles. The van der Waals surface area contributed by atoms with Gasteiger partial charge in [0.2, 0.25) is 0 Å². The average Bonchev–Trinajstić information content (AvgIpc) is 2.24. The Labute approximate surface area is 95.0 Å². The molecule has 1 aromatic rings. The Balaban J connectivity index is 2.96. The maximum absolute atomic E-state index is 13.1. The molecule has 1 aromatic carbocycles. The number of halogens is 1. The summed E-state index contributed by atoms with van der Waals surface area (Å²) in [6.07, 6.45) is 0. The maximum Gasteiger partial charge on any atom is 0.253 e. The summed E-state index contributed by atoms with van der Waals surface area (Å²) < 4.78 is 13.1. The molecule has 0 radical (unpaired) electrons. The number of carbonyl (C=O) groups is 1. The molecule has 1 unspecified atom stereocenters. The van der Waals surface area contributed by atoms with E-state index < -0.39 is 5.82 Å². The topological polar surface area (TPSA) is 46.3 Å². The first kappa shape index (κ1) is 12.6. The lowest BCUT2D eigenvalue weighted by atomic mass is 10.1. The molecule has 0 saturated carbocycles. The van der Waals surface area contributed by atoms with Gasteiger partial charge in [0, 0.05) is 25.2 Å². The summed E-state index contributed by atoms with van der Waals surface area (Å²) in [6, 6.07) is 4.25. The smallest absolute Gasteiger partial charge is 0.253 e. The molecule has 0 fully saturated rings. The summed E-state index contributed by atoms with van der Waals surface area (Å²) in [7, 11) is 1.67. The molecule has 88 valence electrons. The first-order chi connectivity index (χ1) is 7.45. The van der Waals surface area contributed by atoms with E-state index in [-0.39, 0.29) is 11.9 Å². The van der Waals surface area contributed by atoms with Gasteiger partial charge in [-0.05, 0) is 37.6 Å². The zero-order chi connectivity index (χ0) is 12.3. The lowest BCUT2D eigenvalue weighted by Gasteiger charge is -2.23. The highest BCUT2D eigenvalue weighted by atomic mass is 19.1. The monoisotopic (exact) mass is 224 g/mol. The van der Waals surface area contributed by atoms with Crippen molar-refractivity contribution in [2.45, 2.75) is 19.9 Å². The van der Waals surface area contributed by atoms with Crippen LogP contribution in [0, 0.1) is 12.7 Å². The Morgan fingerprint density at radius 3 is 2.62 bits per heavy atom. The molecule has 0 aromatic heterocycles. The number of carbonyl (C=O) groups excluding carboxylic acids is 1. The van der Waals surface area contributed by atoms with Gasteiger partial charge >= 0.3 is 0 Å². The zero-order valence-electron chi connectivity index (χ0n) is 9.83. The Morgan fingerprint density at radius 1 is 1.50 bits per heavy atom. The highest BCUT2D eigenvalue weighted by Gasteiger charge is 2.17. The van der Waals surface area contributed by atoms with Gasteiger partial charge in [-0.15, -0.1) is 0 Å². The van der Waals surface area contributed by atoms with Crippen LogP contribution in [0.3, 0.4) is 0 Å². The van der Waals surface area contributed by atoms with Crippen LogP contribution >= 0.6 is 0 Å². The van der Waals surface area contributed by atoms with Crippen molar-refractivity contribution in [3.63, 3.8) is 0 Å². The molecule has 0 heterocycles. The van der Waals surface area contributed by atoms with Crippen LogP contribution in [-0.4, -0.2) is 30.4 Å². The van der Waals surface area contributed by atoms with Crippen LogP contribution in [-0.2, 0) is 0 Å². The van der Waals surface area contributed by atoms with Gasteiger partial charge in [-0.3, -0.25) is 4.79 Å². The van der Waals surface area contributed by atoms with Crippen LogP contribution < -0.4 is 5.73 Å². The number of nitrogens with zero attached hydrogens (tertiary/aromatic N) is 1. The third-order valence-electron chi connectivity index (χ3n) is 2.61. The second-order valence-corrected chi connectivity index (χ2v) is 4.02. The van der Waals surface area contributed by atoms with Gasteiger partial charge in [0.05, 0.1) is 0 Å². The van der Waals surface area contributed by atoms with E-state index in [0.717, 1.165) is 5.56 Å². The largest absolute Gasteiger partial charge is 0.338 e. The van der Waals surface area contributed by atoms with E-state index in [2.05, 4.69) is 0 Å². The van der Waals surface area contributed by atoms with E-state index in [1.165, 1.54) is 17.0 Å². The molecule has 0 spiro atoms. The van der Waals surface area contributed by atoms with E-state index in [1.54, 1.807) is 20.0 Å². The first-order valence-electron chi connectivity index (χ1n) is 5.20. The molecule has 0 aliphatic carbocycles. The summed E-state index contributed by atoms with van der Waals surface area (Å²) in [5.41, 5.74) is 6.58. The van der Waals surface area contributed by atoms with E-state index in [0.29, 0.717) is 12.1 Å². The fourth-order valence-corrected chi connectivity index (χ4v) is 1.42. The normalized spacial score (nSPS) is 12.3. The van der Waals surface area contributed by atoms with Gasteiger partial charge in [-0.25, -0.2) is 4.39 Å². The second kappa shape index (κ2) is 5.07. The summed E-state index contributed by atoms with van der Waals surface area (Å²) in [6.45, 7) is 3.99. The molecule has 3 nitrogen and oxygen atoms in total. The van der Waals surface area contributed by atoms with Gasteiger partial charge in [-0.1, -0.05) is 0 Å². The molecular weight excluding hydrogens is 207 g/mol. The Morgan fingerprint density at radius 2 is 2.12 bits per heavy atom.